The van der Waals surface area contributed by atoms with Crippen LogP contribution in [0.1, 0.15) is 11.3 Å². The highest BCUT2D eigenvalue weighted by Crippen LogP contribution is 2.24. The second kappa shape index (κ2) is 5.17. The van der Waals surface area contributed by atoms with Crippen molar-refractivity contribution in [2.45, 2.75) is 17.6 Å². The van der Waals surface area contributed by atoms with Crippen LogP contribution in [-0.4, -0.2) is 23.2 Å². The Labute approximate surface area is 122 Å². The van der Waals surface area contributed by atoms with Crippen LogP contribution in [0.4, 0.5) is 0 Å². The van der Waals surface area contributed by atoms with Gasteiger partial charge >= 0.3 is 0 Å². The number of furan rings is 1. The first kappa shape index (κ1) is 13.6. The SMILES string of the molecule is Cc1cc(CS(=O)(=O)c2ccccc2)c(-n2cncn2)o1. The van der Waals surface area contributed by atoms with Crippen LogP contribution in [0.15, 0.2) is 58.4 Å². The van der Waals surface area contributed by atoms with E-state index >= 15 is 0 Å². The fraction of sp³-hybridized carbons (Fsp3) is 0.143. The van der Waals surface area contributed by atoms with Gasteiger partial charge in [-0.3, -0.25) is 0 Å². The summed E-state index contributed by atoms with van der Waals surface area (Å²) < 4.78 is 31.8. The van der Waals surface area contributed by atoms with Crippen molar-refractivity contribution >= 4 is 9.84 Å². The Balaban J connectivity index is 2.00. The molecule has 0 aliphatic rings. The van der Waals surface area contributed by atoms with Gasteiger partial charge in [-0.15, -0.1) is 0 Å². The van der Waals surface area contributed by atoms with Crippen LogP contribution in [0, 0.1) is 6.92 Å². The zero-order chi connectivity index (χ0) is 14.9. The zero-order valence-corrected chi connectivity index (χ0v) is 12.1. The van der Waals surface area contributed by atoms with Gasteiger partial charge in [0.1, 0.15) is 18.4 Å². The third kappa shape index (κ3) is 2.73. The molecule has 0 saturated heterocycles. The smallest absolute Gasteiger partial charge is 0.225 e. The molecule has 0 aliphatic carbocycles. The molecule has 6 nitrogen and oxygen atoms in total. The first-order valence-electron chi connectivity index (χ1n) is 6.28. The number of aromatic nitrogens is 3. The average Bonchev–Trinajstić information content (AvgIpc) is 3.09. The summed E-state index contributed by atoms with van der Waals surface area (Å²) >= 11 is 0. The first-order chi connectivity index (χ1) is 10.1. The quantitative estimate of drug-likeness (QED) is 0.738. The molecule has 1 aromatic carbocycles. The number of rotatable bonds is 4. The van der Waals surface area contributed by atoms with Crippen molar-refractivity contribution < 1.29 is 12.8 Å². The number of aryl methyl sites for hydroxylation is 1. The minimum Gasteiger partial charge on any atom is -0.443 e. The Morgan fingerprint density at radius 2 is 2.00 bits per heavy atom. The molecule has 0 unspecified atom stereocenters. The molecule has 0 bridgehead atoms. The third-order valence-corrected chi connectivity index (χ3v) is 4.67. The van der Waals surface area contributed by atoms with Crippen molar-refractivity contribution in [1.82, 2.24) is 14.8 Å². The van der Waals surface area contributed by atoms with Crippen LogP contribution in [0.3, 0.4) is 0 Å². The van der Waals surface area contributed by atoms with E-state index in [-0.39, 0.29) is 10.6 Å². The maximum Gasteiger partial charge on any atom is 0.225 e. The lowest BCUT2D eigenvalue weighted by atomic mass is 10.3. The fourth-order valence-corrected chi connectivity index (χ4v) is 3.44. The van der Waals surface area contributed by atoms with E-state index in [0.29, 0.717) is 17.2 Å². The Morgan fingerprint density at radius 3 is 2.67 bits per heavy atom. The summed E-state index contributed by atoms with van der Waals surface area (Å²) in [5.41, 5.74) is 0.557. The van der Waals surface area contributed by atoms with E-state index < -0.39 is 9.84 Å². The lowest BCUT2D eigenvalue weighted by Crippen LogP contribution is -2.07. The molecule has 0 aliphatic heterocycles. The lowest BCUT2D eigenvalue weighted by Gasteiger charge is -2.04. The van der Waals surface area contributed by atoms with Crippen LogP contribution in [-0.2, 0) is 15.6 Å². The van der Waals surface area contributed by atoms with E-state index in [1.807, 2.05) is 0 Å². The molecule has 3 aromatic rings. The normalized spacial score (nSPS) is 11.7. The third-order valence-electron chi connectivity index (χ3n) is 2.98. The number of sulfone groups is 1. The van der Waals surface area contributed by atoms with Gasteiger partial charge in [0.25, 0.3) is 0 Å². The van der Waals surface area contributed by atoms with Crippen LogP contribution in [0.25, 0.3) is 5.88 Å². The Morgan fingerprint density at radius 1 is 1.24 bits per heavy atom. The first-order valence-corrected chi connectivity index (χ1v) is 7.93. The van der Waals surface area contributed by atoms with E-state index in [4.69, 9.17) is 4.42 Å². The summed E-state index contributed by atoms with van der Waals surface area (Å²) in [6.45, 7) is 1.76. The second-order valence-corrected chi connectivity index (χ2v) is 6.59. The second-order valence-electron chi connectivity index (χ2n) is 4.60. The van der Waals surface area contributed by atoms with Gasteiger partial charge in [0.05, 0.1) is 10.6 Å². The highest BCUT2D eigenvalue weighted by atomic mass is 32.2. The minimum absolute atomic E-state index is 0.149. The van der Waals surface area contributed by atoms with Gasteiger partial charge in [-0.05, 0) is 25.1 Å². The zero-order valence-electron chi connectivity index (χ0n) is 11.3. The van der Waals surface area contributed by atoms with Crippen molar-refractivity contribution in [1.29, 1.82) is 0 Å². The Hall–Kier alpha value is -2.41. The Bertz CT molecular complexity index is 837. The van der Waals surface area contributed by atoms with Crippen molar-refractivity contribution in [2.75, 3.05) is 0 Å². The van der Waals surface area contributed by atoms with Crippen LogP contribution >= 0.6 is 0 Å². The number of benzene rings is 1. The molecule has 0 amide bonds. The summed E-state index contributed by atoms with van der Waals surface area (Å²) in [4.78, 5) is 4.13. The predicted molar refractivity (Wildman–Crippen MR) is 75.7 cm³/mol. The van der Waals surface area contributed by atoms with Crippen molar-refractivity contribution in [3.05, 3.63) is 60.4 Å². The van der Waals surface area contributed by atoms with E-state index in [2.05, 4.69) is 10.1 Å². The van der Waals surface area contributed by atoms with E-state index in [9.17, 15) is 8.42 Å². The molecule has 2 heterocycles. The molecule has 0 N–H and O–H groups in total. The van der Waals surface area contributed by atoms with Gasteiger partial charge in [-0.2, -0.15) is 9.78 Å². The van der Waals surface area contributed by atoms with Gasteiger partial charge in [0, 0.05) is 5.56 Å². The predicted octanol–water partition coefficient (Wildman–Crippen LogP) is 2.14. The van der Waals surface area contributed by atoms with Gasteiger partial charge in [-0.25, -0.2) is 13.4 Å². The molecule has 0 spiro atoms. The topological polar surface area (TPSA) is 78.0 Å². The summed E-state index contributed by atoms with van der Waals surface area (Å²) in [6.07, 6.45) is 2.84. The van der Waals surface area contributed by atoms with Crippen LogP contribution in [0.2, 0.25) is 0 Å². The van der Waals surface area contributed by atoms with Gasteiger partial charge in [0.15, 0.2) is 9.84 Å². The molecule has 2 aromatic heterocycles. The average molecular weight is 303 g/mol. The molecular weight excluding hydrogens is 290 g/mol. The molecule has 108 valence electrons. The van der Waals surface area contributed by atoms with Gasteiger partial charge in [0.2, 0.25) is 5.88 Å². The van der Waals surface area contributed by atoms with Crippen molar-refractivity contribution in [3.63, 3.8) is 0 Å². The van der Waals surface area contributed by atoms with E-state index in [0.717, 1.165) is 0 Å². The Kier molecular flexibility index (Phi) is 3.34. The highest BCUT2D eigenvalue weighted by molar-refractivity contribution is 7.90. The lowest BCUT2D eigenvalue weighted by molar-refractivity contribution is 0.493. The summed E-state index contributed by atoms with van der Waals surface area (Å²) in [5.74, 6) is 0.854. The van der Waals surface area contributed by atoms with E-state index in [1.54, 1.807) is 43.3 Å². The molecular formula is C14H13N3O3S. The van der Waals surface area contributed by atoms with E-state index in [1.165, 1.54) is 17.3 Å². The highest BCUT2D eigenvalue weighted by Gasteiger charge is 2.21. The van der Waals surface area contributed by atoms with Gasteiger partial charge < -0.3 is 4.42 Å². The molecule has 3 rings (SSSR count). The summed E-state index contributed by atoms with van der Waals surface area (Å²) in [7, 11) is -3.44. The summed E-state index contributed by atoms with van der Waals surface area (Å²) in [5, 5.41) is 3.98. The number of nitrogens with zero attached hydrogens (tertiary/aromatic N) is 3. The van der Waals surface area contributed by atoms with Gasteiger partial charge in [-0.1, -0.05) is 18.2 Å². The molecule has 0 atom stereocenters. The molecule has 0 radical (unpaired) electrons. The summed E-state index contributed by atoms with van der Waals surface area (Å²) in [6, 6.07) is 10.0. The van der Waals surface area contributed by atoms with Crippen LogP contribution in [0.5, 0.6) is 0 Å². The van der Waals surface area contributed by atoms with Crippen LogP contribution < -0.4 is 0 Å². The largest absolute Gasteiger partial charge is 0.443 e. The molecule has 7 heteroatoms. The molecule has 0 saturated carbocycles. The van der Waals surface area contributed by atoms with Crippen molar-refractivity contribution in [2.24, 2.45) is 0 Å². The van der Waals surface area contributed by atoms with Crippen molar-refractivity contribution in [3.8, 4) is 5.88 Å². The molecule has 0 fully saturated rings. The molecule has 21 heavy (non-hydrogen) atoms. The number of hydrogen-bond donors (Lipinski definition) is 0. The monoisotopic (exact) mass is 303 g/mol. The standard InChI is InChI=1S/C14H13N3O3S/c1-11-7-12(14(20-11)17-10-15-9-16-17)8-21(18,19)13-5-3-2-4-6-13/h2-7,9-10H,8H2,1H3. The maximum atomic E-state index is 12.4. The fourth-order valence-electron chi connectivity index (χ4n) is 2.08. The maximum absolute atomic E-state index is 12.4. The minimum atomic E-state index is -3.44. The number of hydrogen-bond acceptors (Lipinski definition) is 5.